The van der Waals surface area contributed by atoms with Crippen molar-refractivity contribution in [1.82, 2.24) is 0 Å². The molecule has 0 aromatic rings. The molecule has 0 unspecified atom stereocenters. The molecule has 0 saturated heterocycles. The number of carbonyl (C=O) groups is 1. The van der Waals surface area contributed by atoms with Crippen molar-refractivity contribution in [2.75, 3.05) is 26.4 Å². The van der Waals surface area contributed by atoms with Crippen LogP contribution in [-0.2, 0) is 9.53 Å². The molecule has 0 spiro atoms. The first kappa shape index (κ1) is 23.4. The summed E-state index contributed by atoms with van der Waals surface area (Å²) in [6.45, 7) is 12.4. The number of esters is 1. The van der Waals surface area contributed by atoms with Gasteiger partial charge in [0, 0.05) is 6.42 Å². The second-order valence-electron chi connectivity index (χ2n) is 7.22. The summed E-state index contributed by atoms with van der Waals surface area (Å²) >= 11 is 0. The fourth-order valence-electron chi connectivity index (χ4n) is 3.16. The summed E-state index contributed by atoms with van der Waals surface area (Å²) in [5.41, 5.74) is 0. The first-order valence-corrected chi connectivity index (χ1v) is 10.6. The summed E-state index contributed by atoms with van der Waals surface area (Å²) in [6, 6.07) is 0. The van der Waals surface area contributed by atoms with E-state index >= 15 is 0 Å². The zero-order chi connectivity index (χ0) is 18.1. The average Bonchev–Trinajstić information content (AvgIpc) is 2.61. The maximum Gasteiger partial charge on any atom is 0.310 e. The zero-order valence-corrected chi connectivity index (χ0v) is 17.1. The molecule has 0 saturated carbocycles. The first-order valence-electron chi connectivity index (χ1n) is 10.6. The third-order valence-corrected chi connectivity index (χ3v) is 5.50. The highest BCUT2D eigenvalue weighted by atomic mass is 16.5. The minimum Gasteiger partial charge on any atom is -0.415 e. The molecule has 0 amide bonds. The highest BCUT2D eigenvalue weighted by Gasteiger charge is 2.22. The summed E-state index contributed by atoms with van der Waals surface area (Å²) in [7, 11) is 0. The second kappa shape index (κ2) is 15.9. The quantitative estimate of drug-likeness (QED) is 0.139. The van der Waals surface area contributed by atoms with Gasteiger partial charge in [0.25, 0.3) is 0 Å². The molecule has 0 rings (SSSR count). The fourth-order valence-corrected chi connectivity index (χ4v) is 3.16. The van der Waals surface area contributed by atoms with Gasteiger partial charge >= 0.3 is 5.97 Å². The Kier molecular flexibility index (Phi) is 15.6. The van der Waals surface area contributed by atoms with Gasteiger partial charge in [-0.1, -0.05) is 71.1 Å². The van der Waals surface area contributed by atoms with E-state index in [2.05, 4.69) is 27.7 Å². The molecule has 3 heteroatoms. The molecule has 0 aliphatic heterocycles. The van der Waals surface area contributed by atoms with E-state index in [4.69, 9.17) is 4.74 Å². The van der Waals surface area contributed by atoms with E-state index in [1.165, 1.54) is 64.2 Å². The molecule has 144 valence electrons. The summed E-state index contributed by atoms with van der Waals surface area (Å²) in [5.74, 6) is -0.0104. The van der Waals surface area contributed by atoms with Crippen molar-refractivity contribution in [2.45, 2.75) is 105 Å². The van der Waals surface area contributed by atoms with Gasteiger partial charge in [-0.25, -0.2) is 0 Å². The average molecular weight is 343 g/mol. The van der Waals surface area contributed by atoms with Gasteiger partial charge in [-0.2, -0.15) is 0 Å². The highest BCUT2D eigenvalue weighted by Crippen LogP contribution is 2.12. The van der Waals surface area contributed by atoms with Gasteiger partial charge < -0.3 is 4.74 Å². The SMILES string of the molecule is CCCCCCCCCCCCCC(=O)OC[N+](CC)(CC)CC. The van der Waals surface area contributed by atoms with Crippen LogP contribution in [0.15, 0.2) is 0 Å². The monoisotopic (exact) mass is 342 g/mol. The van der Waals surface area contributed by atoms with E-state index in [1.807, 2.05) is 0 Å². The lowest BCUT2D eigenvalue weighted by Crippen LogP contribution is -2.49. The molecule has 0 aliphatic carbocycles. The molecule has 0 N–H and O–H groups in total. The molecule has 0 aliphatic rings. The van der Waals surface area contributed by atoms with E-state index in [1.54, 1.807) is 0 Å². The van der Waals surface area contributed by atoms with Crippen LogP contribution in [0.2, 0.25) is 0 Å². The van der Waals surface area contributed by atoms with Crippen LogP contribution >= 0.6 is 0 Å². The molecule has 0 atom stereocenters. The summed E-state index contributed by atoms with van der Waals surface area (Å²) in [6.07, 6.45) is 15.0. The zero-order valence-electron chi connectivity index (χ0n) is 17.1. The van der Waals surface area contributed by atoms with Crippen molar-refractivity contribution in [2.24, 2.45) is 0 Å². The molecule has 0 radical (unpaired) electrons. The van der Waals surface area contributed by atoms with Crippen molar-refractivity contribution >= 4 is 5.97 Å². The molecule has 0 fully saturated rings. The fraction of sp³-hybridized carbons (Fsp3) is 0.952. The molecule has 3 nitrogen and oxygen atoms in total. The maximum atomic E-state index is 11.9. The third-order valence-electron chi connectivity index (χ3n) is 5.50. The maximum absolute atomic E-state index is 11.9. The number of hydrogen-bond acceptors (Lipinski definition) is 2. The normalized spacial score (nSPS) is 11.7. The predicted molar refractivity (Wildman–Crippen MR) is 104 cm³/mol. The van der Waals surface area contributed by atoms with Crippen molar-refractivity contribution in [3.8, 4) is 0 Å². The lowest BCUT2D eigenvalue weighted by molar-refractivity contribution is -0.938. The van der Waals surface area contributed by atoms with Crippen molar-refractivity contribution in [3.05, 3.63) is 0 Å². The Bertz CT molecular complexity index is 279. The van der Waals surface area contributed by atoms with Gasteiger partial charge in [0.15, 0.2) is 0 Å². The van der Waals surface area contributed by atoms with Gasteiger partial charge in [-0.3, -0.25) is 9.28 Å². The van der Waals surface area contributed by atoms with Crippen molar-refractivity contribution in [3.63, 3.8) is 0 Å². The van der Waals surface area contributed by atoms with E-state index < -0.39 is 0 Å². The van der Waals surface area contributed by atoms with Crippen LogP contribution in [0.1, 0.15) is 105 Å². The van der Waals surface area contributed by atoms with E-state index in [9.17, 15) is 4.79 Å². The molecule has 0 aromatic heterocycles. The number of hydrogen-bond donors (Lipinski definition) is 0. The Hall–Kier alpha value is -0.570. The lowest BCUT2D eigenvalue weighted by atomic mass is 10.1. The highest BCUT2D eigenvalue weighted by molar-refractivity contribution is 5.69. The number of nitrogens with zero attached hydrogens (tertiary/aromatic N) is 1. The first-order chi connectivity index (χ1) is 11.6. The minimum atomic E-state index is -0.0104. The number of rotatable bonds is 17. The van der Waals surface area contributed by atoms with Crippen LogP contribution in [0.3, 0.4) is 0 Å². The molecule has 0 aromatic carbocycles. The Morgan fingerprint density at radius 3 is 1.50 bits per heavy atom. The summed E-state index contributed by atoms with van der Waals surface area (Å²) < 4.78 is 6.38. The smallest absolute Gasteiger partial charge is 0.310 e. The van der Waals surface area contributed by atoms with Crippen molar-refractivity contribution < 1.29 is 14.0 Å². The molecule has 0 bridgehead atoms. The number of quaternary nitrogens is 1. The Labute approximate surface area is 151 Å². The predicted octanol–water partition coefficient (Wildman–Crippen LogP) is 6.06. The Morgan fingerprint density at radius 2 is 1.08 bits per heavy atom. The van der Waals surface area contributed by atoms with Crippen LogP contribution in [0.4, 0.5) is 0 Å². The van der Waals surface area contributed by atoms with E-state index in [0.29, 0.717) is 13.2 Å². The van der Waals surface area contributed by atoms with Crippen LogP contribution < -0.4 is 0 Å². The minimum absolute atomic E-state index is 0.0104. The van der Waals surface area contributed by atoms with Crippen LogP contribution in [0.25, 0.3) is 0 Å². The van der Waals surface area contributed by atoms with Gasteiger partial charge in [0.05, 0.1) is 19.6 Å². The summed E-state index contributed by atoms with van der Waals surface area (Å²) in [5, 5.41) is 0. The number of carbonyl (C=O) groups excluding carboxylic acids is 1. The van der Waals surface area contributed by atoms with Gasteiger partial charge in [0.1, 0.15) is 0 Å². The molecular weight excluding hydrogens is 298 g/mol. The topological polar surface area (TPSA) is 26.3 Å². The van der Waals surface area contributed by atoms with Crippen LogP contribution in [0, 0.1) is 0 Å². The van der Waals surface area contributed by atoms with Crippen molar-refractivity contribution in [1.29, 1.82) is 0 Å². The van der Waals surface area contributed by atoms with Gasteiger partial charge in [0.2, 0.25) is 6.73 Å². The third kappa shape index (κ3) is 11.9. The van der Waals surface area contributed by atoms with Crippen LogP contribution in [-0.4, -0.2) is 36.8 Å². The molecular formula is C21H44NO2+. The van der Waals surface area contributed by atoms with Crippen LogP contribution in [0.5, 0.6) is 0 Å². The largest absolute Gasteiger partial charge is 0.415 e. The van der Waals surface area contributed by atoms with E-state index in [-0.39, 0.29) is 5.97 Å². The Morgan fingerprint density at radius 1 is 0.667 bits per heavy atom. The van der Waals surface area contributed by atoms with Gasteiger partial charge in [-0.15, -0.1) is 0 Å². The number of unbranched alkanes of at least 4 members (excludes halogenated alkanes) is 10. The van der Waals surface area contributed by atoms with Gasteiger partial charge in [-0.05, 0) is 27.2 Å². The standard InChI is InChI=1S/C21H44NO2/c1-5-9-10-11-12-13-14-15-16-17-18-19-21(23)24-20-22(6-2,7-3)8-4/h5-20H2,1-4H3/q+1. The Balaban J connectivity index is 3.46. The number of ether oxygens (including phenoxy) is 1. The molecule has 0 heterocycles. The second-order valence-corrected chi connectivity index (χ2v) is 7.22. The van der Waals surface area contributed by atoms with E-state index in [0.717, 1.165) is 30.5 Å². The lowest BCUT2D eigenvalue weighted by Gasteiger charge is -2.34. The summed E-state index contributed by atoms with van der Waals surface area (Å²) in [4.78, 5) is 11.9. The molecule has 24 heavy (non-hydrogen) atoms.